The fourth-order valence-corrected chi connectivity index (χ4v) is 3.26. The normalized spacial score (nSPS) is 15.0. The van der Waals surface area contributed by atoms with Crippen molar-refractivity contribution in [1.29, 1.82) is 0 Å². The van der Waals surface area contributed by atoms with Crippen LogP contribution in [0.2, 0.25) is 0 Å². The summed E-state index contributed by atoms with van der Waals surface area (Å²) in [5, 5.41) is 0. The van der Waals surface area contributed by atoms with E-state index in [4.69, 9.17) is 9.47 Å². The summed E-state index contributed by atoms with van der Waals surface area (Å²) >= 11 is 0. The van der Waals surface area contributed by atoms with Gasteiger partial charge in [-0.15, -0.1) is 0 Å². The summed E-state index contributed by atoms with van der Waals surface area (Å²) in [6.45, 7) is 1.68. The van der Waals surface area contributed by atoms with Crippen LogP contribution in [0, 0.1) is 0 Å². The summed E-state index contributed by atoms with van der Waals surface area (Å²) in [7, 11) is -4.46. The molecule has 2 rings (SSSR count). The Morgan fingerprint density at radius 1 is 1.22 bits per heavy atom. The smallest absolute Gasteiger partial charge is 0.497 e. The number of benzene rings is 1. The molecule has 0 fully saturated rings. The number of rotatable bonds is 6. The third kappa shape index (κ3) is 4.94. The SMILES string of the molecule is CCOC(=O)CC1=C(OS(=O)(=O)C(F)(F)F)c2ccc(OC)cc2CCC1. The van der Waals surface area contributed by atoms with Gasteiger partial charge >= 0.3 is 21.6 Å². The molecular weight excluding hydrogens is 389 g/mol. The molecule has 1 aliphatic rings. The number of alkyl halides is 3. The molecule has 0 bridgehead atoms. The van der Waals surface area contributed by atoms with Crippen LogP contribution in [-0.2, 0) is 30.3 Å². The first-order chi connectivity index (χ1) is 12.6. The minimum absolute atomic E-state index is 0.0942. The van der Waals surface area contributed by atoms with Crippen LogP contribution in [0.25, 0.3) is 5.76 Å². The van der Waals surface area contributed by atoms with Crippen LogP contribution in [-0.4, -0.2) is 33.6 Å². The van der Waals surface area contributed by atoms with E-state index in [-0.39, 0.29) is 30.6 Å². The van der Waals surface area contributed by atoms with Crippen LogP contribution in [0.4, 0.5) is 13.2 Å². The van der Waals surface area contributed by atoms with Gasteiger partial charge in [-0.25, -0.2) is 0 Å². The summed E-state index contributed by atoms with van der Waals surface area (Å²) in [4.78, 5) is 11.8. The maximum Gasteiger partial charge on any atom is 0.534 e. The first kappa shape index (κ1) is 21.1. The van der Waals surface area contributed by atoms with Crippen molar-refractivity contribution in [2.24, 2.45) is 0 Å². The minimum Gasteiger partial charge on any atom is -0.497 e. The van der Waals surface area contributed by atoms with Crippen molar-refractivity contribution in [3.05, 3.63) is 34.9 Å². The molecule has 10 heteroatoms. The first-order valence-electron chi connectivity index (χ1n) is 8.14. The summed E-state index contributed by atoms with van der Waals surface area (Å²) in [5.41, 5.74) is -4.69. The number of methoxy groups -OCH3 is 1. The number of hydrogen-bond acceptors (Lipinski definition) is 6. The van der Waals surface area contributed by atoms with Gasteiger partial charge in [-0.3, -0.25) is 4.79 Å². The molecule has 0 atom stereocenters. The van der Waals surface area contributed by atoms with Gasteiger partial charge < -0.3 is 13.7 Å². The van der Waals surface area contributed by atoms with Crippen molar-refractivity contribution < 1.29 is 40.0 Å². The van der Waals surface area contributed by atoms with E-state index in [2.05, 4.69) is 4.18 Å². The van der Waals surface area contributed by atoms with Crippen molar-refractivity contribution in [2.45, 2.75) is 38.1 Å². The molecule has 27 heavy (non-hydrogen) atoms. The molecule has 150 valence electrons. The number of esters is 1. The monoisotopic (exact) mass is 408 g/mol. The number of halogens is 3. The highest BCUT2D eigenvalue weighted by molar-refractivity contribution is 7.87. The van der Waals surface area contributed by atoms with Crippen LogP contribution in [0.5, 0.6) is 5.75 Å². The van der Waals surface area contributed by atoms with Gasteiger partial charge in [0, 0.05) is 5.56 Å². The molecule has 0 aromatic heterocycles. The molecule has 0 radical (unpaired) electrons. The molecule has 1 aromatic carbocycles. The van der Waals surface area contributed by atoms with Crippen LogP contribution < -0.4 is 4.74 Å². The number of ether oxygens (including phenoxy) is 2. The number of carbonyl (C=O) groups excluding carboxylic acids is 1. The van der Waals surface area contributed by atoms with Crippen molar-refractivity contribution in [1.82, 2.24) is 0 Å². The van der Waals surface area contributed by atoms with Crippen LogP contribution in [0.3, 0.4) is 0 Å². The first-order valence-corrected chi connectivity index (χ1v) is 9.55. The third-order valence-electron chi connectivity index (χ3n) is 3.94. The Bertz CT molecular complexity index is 843. The maximum atomic E-state index is 12.8. The van der Waals surface area contributed by atoms with Gasteiger partial charge in [0.2, 0.25) is 0 Å². The highest BCUT2D eigenvalue weighted by Gasteiger charge is 2.49. The third-order valence-corrected chi connectivity index (χ3v) is 4.90. The standard InChI is InChI=1S/C17H19F3O6S/c1-3-25-15(21)10-12-6-4-5-11-9-13(24-2)7-8-14(11)16(12)26-27(22,23)17(18,19)20/h7-9H,3-6,10H2,1-2H3. The van der Waals surface area contributed by atoms with Crippen molar-refractivity contribution in [3.63, 3.8) is 0 Å². The second kappa shape index (κ2) is 8.20. The number of fused-ring (bicyclic) bond motifs is 1. The van der Waals surface area contributed by atoms with E-state index in [0.29, 0.717) is 24.2 Å². The molecule has 1 aromatic rings. The number of hydrogen-bond donors (Lipinski definition) is 0. The van der Waals surface area contributed by atoms with Gasteiger partial charge in [0.15, 0.2) is 0 Å². The Kier molecular flexibility index (Phi) is 6.40. The molecule has 0 heterocycles. The Hall–Kier alpha value is -2.23. The van der Waals surface area contributed by atoms with Gasteiger partial charge in [-0.1, -0.05) is 0 Å². The molecular formula is C17H19F3O6S. The Morgan fingerprint density at radius 2 is 1.93 bits per heavy atom. The predicted octanol–water partition coefficient (Wildman–Crippen LogP) is 3.56. The lowest BCUT2D eigenvalue weighted by atomic mass is 10.0. The van der Waals surface area contributed by atoms with Crippen molar-refractivity contribution in [2.75, 3.05) is 13.7 Å². The Labute approximate surface area is 155 Å². The van der Waals surface area contributed by atoms with Gasteiger partial charge in [0.25, 0.3) is 0 Å². The van der Waals surface area contributed by atoms with E-state index in [1.54, 1.807) is 13.0 Å². The van der Waals surface area contributed by atoms with Crippen LogP contribution >= 0.6 is 0 Å². The second-order valence-electron chi connectivity index (χ2n) is 5.77. The lowest BCUT2D eigenvalue weighted by molar-refractivity contribution is -0.142. The number of carbonyl (C=O) groups is 1. The van der Waals surface area contributed by atoms with Crippen LogP contribution in [0.1, 0.15) is 37.3 Å². The average Bonchev–Trinajstić information content (AvgIpc) is 2.73. The van der Waals surface area contributed by atoms with Gasteiger partial charge in [-0.2, -0.15) is 21.6 Å². The summed E-state index contributed by atoms with van der Waals surface area (Å²) in [6, 6.07) is 4.51. The zero-order valence-corrected chi connectivity index (χ0v) is 15.6. The van der Waals surface area contributed by atoms with E-state index in [9.17, 15) is 26.4 Å². The lowest BCUT2D eigenvalue weighted by Crippen LogP contribution is -2.25. The van der Waals surface area contributed by atoms with E-state index in [1.807, 2.05) is 0 Å². The zero-order chi connectivity index (χ0) is 20.2. The highest BCUT2D eigenvalue weighted by Crippen LogP contribution is 2.38. The quantitative estimate of drug-likeness (QED) is 0.407. The molecule has 6 nitrogen and oxygen atoms in total. The maximum absolute atomic E-state index is 12.8. The molecule has 0 aliphatic heterocycles. The molecule has 0 N–H and O–H groups in total. The molecule has 0 saturated carbocycles. The summed E-state index contributed by atoms with van der Waals surface area (Å²) in [6.07, 6.45) is 0.784. The van der Waals surface area contributed by atoms with E-state index >= 15 is 0 Å². The topological polar surface area (TPSA) is 78.9 Å². The summed E-state index contributed by atoms with van der Waals surface area (Å²) < 4.78 is 76.2. The molecule has 0 spiro atoms. The molecule has 0 amide bonds. The van der Waals surface area contributed by atoms with Gasteiger partial charge in [-0.05, 0) is 55.5 Å². The summed E-state index contributed by atoms with van der Waals surface area (Å²) in [5.74, 6) is -0.675. The number of aryl methyl sites for hydroxylation is 1. The Morgan fingerprint density at radius 3 is 2.52 bits per heavy atom. The molecule has 1 aliphatic carbocycles. The van der Waals surface area contributed by atoms with Crippen LogP contribution in [0.15, 0.2) is 23.8 Å². The average molecular weight is 408 g/mol. The van der Waals surface area contributed by atoms with Crippen molar-refractivity contribution >= 4 is 21.8 Å². The predicted molar refractivity (Wildman–Crippen MR) is 90.2 cm³/mol. The fourth-order valence-electron chi connectivity index (χ4n) is 2.74. The lowest BCUT2D eigenvalue weighted by Gasteiger charge is -2.17. The van der Waals surface area contributed by atoms with E-state index in [0.717, 1.165) is 0 Å². The second-order valence-corrected chi connectivity index (χ2v) is 7.31. The molecule has 0 unspecified atom stereocenters. The van der Waals surface area contributed by atoms with Gasteiger partial charge in [0.05, 0.1) is 20.1 Å². The largest absolute Gasteiger partial charge is 0.534 e. The van der Waals surface area contributed by atoms with Gasteiger partial charge in [0.1, 0.15) is 11.5 Å². The van der Waals surface area contributed by atoms with E-state index < -0.39 is 27.4 Å². The molecule has 0 saturated heterocycles. The Balaban J connectivity index is 2.58. The van der Waals surface area contributed by atoms with E-state index in [1.165, 1.54) is 19.2 Å². The van der Waals surface area contributed by atoms with Crippen molar-refractivity contribution in [3.8, 4) is 5.75 Å². The highest BCUT2D eigenvalue weighted by atomic mass is 32.2. The zero-order valence-electron chi connectivity index (χ0n) is 14.8. The fraction of sp³-hybridized carbons (Fsp3) is 0.471. The minimum atomic E-state index is -5.89.